The monoisotopic (exact) mass is 370 g/mol. The van der Waals surface area contributed by atoms with Gasteiger partial charge in [-0.25, -0.2) is 0 Å². The van der Waals surface area contributed by atoms with E-state index in [9.17, 15) is 0 Å². The third-order valence-electron chi connectivity index (χ3n) is 5.18. The van der Waals surface area contributed by atoms with Crippen molar-refractivity contribution in [1.82, 2.24) is 9.80 Å². The van der Waals surface area contributed by atoms with Crippen molar-refractivity contribution >= 4 is 0 Å². The molecule has 0 N–H and O–H groups in total. The first kappa shape index (κ1) is 19.5. The van der Waals surface area contributed by atoms with Crippen LogP contribution in [0, 0.1) is 6.92 Å². The van der Waals surface area contributed by atoms with Crippen LogP contribution in [-0.2, 0) is 13.1 Å². The first-order chi connectivity index (χ1) is 13.1. The molecule has 0 saturated carbocycles. The Morgan fingerprint density at radius 2 is 1.15 bits per heavy atom. The van der Waals surface area contributed by atoms with E-state index >= 15 is 0 Å². The standard InChI is InChI=1S/C22H30N2O3/c1-17-13-18(5-7-20(17)25-2)15-23-9-11-24(12-10-23)16-19-6-8-21(26-3)22(14-19)27-4/h5-8,13-14H,9-12,15-16H2,1-4H3. The van der Waals surface area contributed by atoms with Gasteiger partial charge in [0.1, 0.15) is 5.75 Å². The maximum atomic E-state index is 5.41. The number of rotatable bonds is 7. The molecule has 146 valence electrons. The van der Waals surface area contributed by atoms with Gasteiger partial charge >= 0.3 is 0 Å². The highest BCUT2D eigenvalue weighted by Crippen LogP contribution is 2.28. The van der Waals surface area contributed by atoms with Gasteiger partial charge in [-0.15, -0.1) is 0 Å². The van der Waals surface area contributed by atoms with E-state index in [0.717, 1.165) is 56.5 Å². The molecule has 0 amide bonds. The predicted molar refractivity (Wildman–Crippen MR) is 108 cm³/mol. The zero-order valence-electron chi connectivity index (χ0n) is 16.8. The van der Waals surface area contributed by atoms with Gasteiger partial charge in [-0.1, -0.05) is 18.2 Å². The molecular formula is C22H30N2O3. The van der Waals surface area contributed by atoms with Crippen molar-refractivity contribution in [2.75, 3.05) is 47.5 Å². The molecule has 0 spiro atoms. The molecule has 1 saturated heterocycles. The number of aryl methyl sites for hydroxylation is 1. The number of hydrogen-bond acceptors (Lipinski definition) is 5. The van der Waals surface area contributed by atoms with Gasteiger partial charge in [0, 0.05) is 39.3 Å². The van der Waals surface area contributed by atoms with Gasteiger partial charge in [0.25, 0.3) is 0 Å². The Labute approximate surface area is 162 Å². The molecule has 27 heavy (non-hydrogen) atoms. The van der Waals surface area contributed by atoms with E-state index < -0.39 is 0 Å². The van der Waals surface area contributed by atoms with E-state index in [2.05, 4.69) is 47.1 Å². The van der Waals surface area contributed by atoms with Crippen LogP contribution in [-0.4, -0.2) is 57.3 Å². The van der Waals surface area contributed by atoms with Gasteiger partial charge in [-0.05, 0) is 41.8 Å². The third-order valence-corrected chi connectivity index (χ3v) is 5.18. The maximum absolute atomic E-state index is 5.41. The number of piperazine rings is 1. The van der Waals surface area contributed by atoms with E-state index in [0.29, 0.717) is 0 Å². The minimum absolute atomic E-state index is 0.779. The molecule has 0 unspecified atom stereocenters. The molecule has 1 aliphatic heterocycles. The number of methoxy groups -OCH3 is 3. The van der Waals surface area contributed by atoms with Gasteiger partial charge in [-0.3, -0.25) is 9.80 Å². The summed E-state index contributed by atoms with van der Waals surface area (Å²) in [4.78, 5) is 5.02. The lowest BCUT2D eigenvalue weighted by Crippen LogP contribution is -2.45. The Bertz CT molecular complexity index is 755. The van der Waals surface area contributed by atoms with Crippen LogP contribution in [0.4, 0.5) is 0 Å². The molecule has 5 nitrogen and oxygen atoms in total. The minimum atomic E-state index is 0.779. The van der Waals surface area contributed by atoms with Gasteiger partial charge < -0.3 is 14.2 Å². The normalized spacial score (nSPS) is 15.6. The summed E-state index contributed by atoms with van der Waals surface area (Å²) in [6, 6.07) is 12.6. The molecule has 1 heterocycles. The number of hydrogen-bond donors (Lipinski definition) is 0. The highest BCUT2D eigenvalue weighted by molar-refractivity contribution is 5.42. The van der Waals surface area contributed by atoms with Crippen LogP contribution in [0.25, 0.3) is 0 Å². The zero-order chi connectivity index (χ0) is 19.2. The third kappa shape index (κ3) is 4.93. The van der Waals surface area contributed by atoms with Crippen molar-refractivity contribution in [2.24, 2.45) is 0 Å². The smallest absolute Gasteiger partial charge is 0.161 e. The number of benzene rings is 2. The molecule has 2 aromatic carbocycles. The van der Waals surface area contributed by atoms with Crippen molar-refractivity contribution in [3.63, 3.8) is 0 Å². The van der Waals surface area contributed by atoms with Crippen molar-refractivity contribution in [3.8, 4) is 17.2 Å². The summed E-state index contributed by atoms with van der Waals surface area (Å²) in [5.74, 6) is 2.53. The molecule has 3 rings (SSSR count). The molecule has 5 heteroatoms. The van der Waals surface area contributed by atoms with E-state index in [-0.39, 0.29) is 0 Å². The molecular weight excluding hydrogens is 340 g/mol. The lowest BCUT2D eigenvalue weighted by Gasteiger charge is -2.35. The van der Waals surface area contributed by atoms with E-state index in [4.69, 9.17) is 14.2 Å². The number of nitrogens with zero attached hydrogens (tertiary/aromatic N) is 2. The lowest BCUT2D eigenvalue weighted by atomic mass is 10.1. The Kier molecular flexibility index (Phi) is 6.58. The lowest BCUT2D eigenvalue weighted by molar-refractivity contribution is 0.122. The van der Waals surface area contributed by atoms with E-state index in [1.54, 1.807) is 21.3 Å². The fraction of sp³-hybridized carbons (Fsp3) is 0.455. The van der Waals surface area contributed by atoms with Crippen LogP contribution in [0.2, 0.25) is 0 Å². The largest absolute Gasteiger partial charge is 0.496 e. The van der Waals surface area contributed by atoms with Crippen LogP contribution >= 0.6 is 0 Å². The fourth-order valence-electron chi connectivity index (χ4n) is 3.64. The molecule has 0 atom stereocenters. The van der Waals surface area contributed by atoms with Crippen LogP contribution in [0.15, 0.2) is 36.4 Å². The Morgan fingerprint density at radius 3 is 1.63 bits per heavy atom. The minimum Gasteiger partial charge on any atom is -0.496 e. The van der Waals surface area contributed by atoms with Gasteiger partial charge in [-0.2, -0.15) is 0 Å². The summed E-state index contributed by atoms with van der Waals surface area (Å²) < 4.78 is 16.1. The molecule has 0 aromatic heterocycles. The highest BCUT2D eigenvalue weighted by Gasteiger charge is 2.18. The summed E-state index contributed by atoms with van der Waals surface area (Å²) in [7, 11) is 5.07. The van der Waals surface area contributed by atoms with E-state index in [1.807, 2.05) is 6.07 Å². The Hall–Kier alpha value is -2.24. The van der Waals surface area contributed by atoms with Gasteiger partial charge in [0.2, 0.25) is 0 Å². The maximum Gasteiger partial charge on any atom is 0.161 e. The van der Waals surface area contributed by atoms with Gasteiger partial charge in [0.05, 0.1) is 21.3 Å². The summed E-state index contributed by atoms with van der Waals surface area (Å²) in [5.41, 5.74) is 3.80. The highest BCUT2D eigenvalue weighted by atomic mass is 16.5. The van der Waals surface area contributed by atoms with Crippen molar-refractivity contribution < 1.29 is 14.2 Å². The topological polar surface area (TPSA) is 34.2 Å². The summed E-state index contributed by atoms with van der Waals surface area (Å²) in [6.07, 6.45) is 0. The van der Waals surface area contributed by atoms with Gasteiger partial charge in [0.15, 0.2) is 11.5 Å². The molecule has 0 bridgehead atoms. The summed E-state index contributed by atoms with van der Waals surface area (Å²) in [6.45, 7) is 8.35. The first-order valence-corrected chi connectivity index (χ1v) is 9.42. The quantitative estimate of drug-likeness (QED) is 0.747. The van der Waals surface area contributed by atoms with Crippen LogP contribution in [0.1, 0.15) is 16.7 Å². The van der Waals surface area contributed by atoms with Crippen LogP contribution < -0.4 is 14.2 Å². The second-order valence-electron chi connectivity index (χ2n) is 7.05. The van der Waals surface area contributed by atoms with Crippen molar-refractivity contribution in [1.29, 1.82) is 0 Å². The molecule has 2 aromatic rings. The van der Waals surface area contributed by atoms with Crippen LogP contribution in [0.5, 0.6) is 17.2 Å². The molecule has 1 fully saturated rings. The second-order valence-corrected chi connectivity index (χ2v) is 7.05. The van der Waals surface area contributed by atoms with Crippen molar-refractivity contribution in [2.45, 2.75) is 20.0 Å². The predicted octanol–water partition coefficient (Wildman–Crippen LogP) is 3.34. The summed E-state index contributed by atoms with van der Waals surface area (Å²) in [5, 5.41) is 0. The Balaban J connectivity index is 1.52. The number of ether oxygens (including phenoxy) is 3. The fourth-order valence-corrected chi connectivity index (χ4v) is 3.64. The Morgan fingerprint density at radius 1 is 0.667 bits per heavy atom. The molecule has 0 radical (unpaired) electrons. The van der Waals surface area contributed by atoms with E-state index in [1.165, 1.54) is 16.7 Å². The van der Waals surface area contributed by atoms with Crippen molar-refractivity contribution in [3.05, 3.63) is 53.1 Å². The summed E-state index contributed by atoms with van der Waals surface area (Å²) >= 11 is 0. The SMILES string of the molecule is COc1ccc(CN2CCN(Cc3ccc(OC)c(OC)c3)CC2)cc1C. The average Bonchev–Trinajstić information content (AvgIpc) is 2.69. The second kappa shape index (κ2) is 9.11. The zero-order valence-corrected chi connectivity index (χ0v) is 16.8. The van der Waals surface area contributed by atoms with Crippen LogP contribution in [0.3, 0.4) is 0 Å². The molecule has 1 aliphatic rings. The first-order valence-electron chi connectivity index (χ1n) is 9.42. The average molecular weight is 370 g/mol. The molecule has 0 aliphatic carbocycles.